The van der Waals surface area contributed by atoms with E-state index < -0.39 is 0 Å². The van der Waals surface area contributed by atoms with Gasteiger partial charge >= 0.3 is 0 Å². The molecule has 0 saturated carbocycles. The number of nitrogens with one attached hydrogen (secondary N) is 1. The largest absolute Gasteiger partial charge is 0.290 e. The number of carbonyl (C=O) groups excluding carboxylic acids is 1. The van der Waals surface area contributed by atoms with Crippen LogP contribution in [0.5, 0.6) is 0 Å². The van der Waals surface area contributed by atoms with Gasteiger partial charge in [0.1, 0.15) is 0 Å². The molecule has 1 heterocycles. The van der Waals surface area contributed by atoms with E-state index in [2.05, 4.69) is 4.98 Å². The highest BCUT2D eigenvalue weighted by Crippen LogP contribution is 1.93. The van der Waals surface area contributed by atoms with Gasteiger partial charge in [0.15, 0.2) is 0 Å². The molecule has 52 valence electrons. The quantitative estimate of drug-likeness (QED) is 0.242. The van der Waals surface area contributed by atoms with Gasteiger partial charge in [0.25, 0.3) is 5.91 Å². The highest BCUT2D eigenvalue weighted by Gasteiger charge is 1.98. The van der Waals surface area contributed by atoms with Gasteiger partial charge in [0, 0.05) is 18.0 Å². The van der Waals surface area contributed by atoms with Gasteiger partial charge in [-0.15, -0.1) is 0 Å². The van der Waals surface area contributed by atoms with Crippen LogP contribution in [0.3, 0.4) is 0 Å². The highest BCUT2D eigenvalue weighted by atomic mass is 16.2. The molecule has 0 fully saturated rings. The second-order valence-corrected chi connectivity index (χ2v) is 1.71. The van der Waals surface area contributed by atoms with Gasteiger partial charge in [-0.3, -0.25) is 15.2 Å². The lowest BCUT2D eigenvalue weighted by molar-refractivity contribution is 0.0953. The van der Waals surface area contributed by atoms with Gasteiger partial charge in [-0.2, -0.15) is 0 Å². The average molecular weight is 138 g/mol. The van der Waals surface area contributed by atoms with Crippen molar-refractivity contribution in [3.8, 4) is 0 Å². The van der Waals surface area contributed by atoms with E-state index in [4.69, 9.17) is 5.84 Å². The molecule has 1 aromatic heterocycles. The monoisotopic (exact) mass is 138 g/mol. The zero-order valence-corrected chi connectivity index (χ0v) is 5.24. The summed E-state index contributed by atoms with van der Waals surface area (Å²) < 4.78 is 0. The third-order valence-electron chi connectivity index (χ3n) is 1.07. The van der Waals surface area contributed by atoms with Gasteiger partial charge in [0.05, 0.1) is 0 Å². The Bertz CT molecular complexity index is 222. The first-order valence-electron chi connectivity index (χ1n) is 2.75. The van der Waals surface area contributed by atoms with Crippen LogP contribution < -0.4 is 11.3 Å². The minimum atomic E-state index is -0.303. The summed E-state index contributed by atoms with van der Waals surface area (Å²) >= 11 is 0. The molecule has 4 heteroatoms. The third-order valence-corrected chi connectivity index (χ3v) is 1.07. The van der Waals surface area contributed by atoms with Crippen LogP contribution in [-0.4, -0.2) is 10.9 Å². The third kappa shape index (κ3) is 1.29. The summed E-state index contributed by atoms with van der Waals surface area (Å²) in [6.07, 6.45) is 3.06. The van der Waals surface area contributed by atoms with E-state index in [-0.39, 0.29) is 5.91 Å². The lowest BCUT2D eigenvalue weighted by Gasteiger charge is -1.95. The summed E-state index contributed by atoms with van der Waals surface area (Å²) in [5.74, 6) is 4.58. The molecule has 1 amide bonds. The summed E-state index contributed by atoms with van der Waals surface area (Å²) in [5, 5.41) is 0. The Morgan fingerprint density at radius 1 is 1.50 bits per heavy atom. The molecule has 10 heavy (non-hydrogen) atoms. The number of nitrogen functional groups attached to an aromatic ring is 1. The van der Waals surface area contributed by atoms with Crippen molar-refractivity contribution in [3.05, 3.63) is 30.1 Å². The second kappa shape index (κ2) is 2.93. The van der Waals surface area contributed by atoms with Crippen molar-refractivity contribution >= 4 is 5.91 Å². The van der Waals surface area contributed by atoms with Crippen molar-refractivity contribution in [1.29, 1.82) is 0 Å². The molecule has 0 aromatic carbocycles. The van der Waals surface area contributed by atoms with Crippen LogP contribution >= 0.6 is 0 Å². The molecule has 0 bridgehead atoms. The van der Waals surface area contributed by atoms with Crippen LogP contribution in [0.2, 0.25) is 0 Å². The van der Waals surface area contributed by atoms with Crippen LogP contribution in [0, 0.1) is 0 Å². The van der Waals surface area contributed by atoms with Gasteiger partial charge < -0.3 is 0 Å². The van der Waals surface area contributed by atoms with E-state index >= 15 is 0 Å². The first-order valence-corrected chi connectivity index (χ1v) is 2.75. The number of hydrogen-bond donors (Lipinski definition) is 2. The number of hydrazine groups is 1. The number of pyridine rings is 1. The van der Waals surface area contributed by atoms with Gasteiger partial charge in [0.2, 0.25) is 0 Å². The Morgan fingerprint density at radius 2 is 2.10 bits per heavy atom. The maximum atomic E-state index is 10.7. The van der Waals surface area contributed by atoms with Crippen molar-refractivity contribution in [2.45, 2.75) is 0 Å². The number of carbonyl (C=O) groups is 1. The van der Waals surface area contributed by atoms with Gasteiger partial charge in [-0.25, -0.2) is 5.84 Å². The first-order chi connectivity index (χ1) is 4.84. The van der Waals surface area contributed by atoms with Crippen molar-refractivity contribution in [1.82, 2.24) is 10.4 Å². The Balaban J connectivity index is 2.85. The molecule has 0 unspecified atom stereocenters. The predicted molar refractivity (Wildman–Crippen MR) is 35.9 cm³/mol. The zero-order chi connectivity index (χ0) is 7.40. The normalized spacial score (nSPS) is 8.90. The van der Waals surface area contributed by atoms with E-state index in [1.54, 1.807) is 12.1 Å². The van der Waals surface area contributed by atoms with Crippen LogP contribution in [-0.2, 0) is 0 Å². The molecular weight excluding hydrogens is 131 g/mol. The van der Waals surface area contributed by atoms with E-state index in [0.717, 1.165) is 0 Å². The maximum absolute atomic E-state index is 10.7. The van der Waals surface area contributed by atoms with Crippen LogP contribution in [0.1, 0.15) is 10.4 Å². The zero-order valence-electron chi connectivity index (χ0n) is 5.24. The van der Waals surface area contributed by atoms with E-state index in [9.17, 15) is 4.79 Å². The van der Waals surface area contributed by atoms with E-state index in [1.807, 2.05) is 5.43 Å². The molecule has 4 nitrogen and oxygen atoms in total. The Hall–Kier alpha value is -1.42. The molecule has 0 aliphatic carbocycles. The number of nitrogens with two attached hydrogens (primary N) is 1. The lowest BCUT2D eigenvalue weighted by Crippen LogP contribution is -2.29. The standard InChI is InChI=1S/C6H7N3O/c7-9-6(10)5-1-3-8-4-2-5/h1-4H,7H2,(H,9,10)/i9+1. The van der Waals surface area contributed by atoms with Crippen LogP contribution in [0.4, 0.5) is 0 Å². The molecule has 1 aromatic rings. The second-order valence-electron chi connectivity index (χ2n) is 1.71. The number of nitrogens with zero attached hydrogens (tertiary/aromatic N) is 1. The van der Waals surface area contributed by atoms with E-state index in [0.29, 0.717) is 5.56 Å². The van der Waals surface area contributed by atoms with Gasteiger partial charge in [-0.05, 0) is 12.1 Å². The number of aromatic nitrogens is 1. The predicted octanol–water partition coefficient (Wildman–Crippen LogP) is -0.315. The maximum Gasteiger partial charge on any atom is 0.265 e. The molecule has 0 aliphatic heterocycles. The Morgan fingerprint density at radius 3 is 2.60 bits per heavy atom. The molecule has 0 radical (unpaired) electrons. The SMILES string of the molecule is N[15NH]C(=O)c1ccncc1. The smallest absolute Gasteiger partial charge is 0.265 e. The molecular formula is C6H7N3O. The molecule has 0 aliphatic rings. The van der Waals surface area contributed by atoms with Crippen molar-refractivity contribution in [2.75, 3.05) is 0 Å². The fourth-order valence-electron chi connectivity index (χ4n) is 0.587. The number of hydrogen-bond acceptors (Lipinski definition) is 3. The minimum Gasteiger partial charge on any atom is -0.290 e. The molecule has 1 rings (SSSR count). The van der Waals surface area contributed by atoms with Gasteiger partial charge in [-0.1, -0.05) is 0 Å². The summed E-state index contributed by atoms with van der Waals surface area (Å²) in [4.78, 5) is 14.5. The first kappa shape index (κ1) is 6.70. The minimum absolute atomic E-state index is 0.303. The van der Waals surface area contributed by atoms with E-state index in [1.165, 1.54) is 12.4 Å². The summed E-state index contributed by atoms with van der Waals surface area (Å²) in [7, 11) is 0. The summed E-state index contributed by atoms with van der Waals surface area (Å²) in [6, 6.07) is 3.17. The summed E-state index contributed by atoms with van der Waals surface area (Å²) in [6.45, 7) is 0. The summed E-state index contributed by atoms with van der Waals surface area (Å²) in [5.41, 5.74) is 2.53. The average Bonchev–Trinajstić information content (AvgIpc) is 2.05. The number of amides is 1. The van der Waals surface area contributed by atoms with Crippen molar-refractivity contribution in [2.24, 2.45) is 5.84 Å². The van der Waals surface area contributed by atoms with Crippen LogP contribution in [0.15, 0.2) is 24.5 Å². The fourth-order valence-corrected chi connectivity index (χ4v) is 0.587. The topological polar surface area (TPSA) is 68.0 Å². The highest BCUT2D eigenvalue weighted by molar-refractivity contribution is 5.93. The Labute approximate surface area is 58.0 Å². The molecule has 3 N–H and O–H groups in total. The molecule has 0 spiro atoms. The lowest BCUT2D eigenvalue weighted by atomic mass is 10.3. The number of rotatable bonds is 1. The molecule has 0 saturated heterocycles. The van der Waals surface area contributed by atoms with Crippen molar-refractivity contribution < 1.29 is 4.79 Å². The van der Waals surface area contributed by atoms with Crippen LogP contribution in [0.25, 0.3) is 0 Å². The molecule has 0 atom stereocenters. The Kier molecular flexibility index (Phi) is 1.96. The fraction of sp³-hybridized carbons (Fsp3) is 0. The van der Waals surface area contributed by atoms with Crippen molar-refractivity contribution in [3.63, 3.8) is 0 Å².